The lowest BCUT2D eigenvalue weighted by Crippen LogP contribution is -2.26. The highest BCUT2D eigenvalue weighted by molar-refractivity contribution is 5.95. The van der Waals surface area contributed by atoms with Crippen molar-refractivity contribution in [3.8, 4) is 11.1 Å². The standard InChI is InChI=1S/C30H33NO4/c1-3-30(34)35-22-23-18-19-27(24-12-6-4-7-13-24)26(20-23)21-31(2)29(33)17-11-10-16-28(32)25-14-8-5-9-15-25/h4-9,12-15,18-20H,3,10-11,16-17,21-22H2,1-2H3. The van der Waals surface area contributed by atoms with Gasteiger partial charge in [0.2, 0.25) is 5.91 Å². The fourth-order valence-electron chi connectivity index (χ4n) is 3.90. The van der Waals surface area contributed by atoms with Crippen LogP contribution < -0.4 is 0 Å². The first-order valence-electron chi connectivity index (χ1n) is 12.1. The van der Waals surface area contributed by atoms with Gasteiger partial charge in [-0.15, -0.1) is 0 Å². The zero-order valence-corrected chi connectivity index (χ0v) is 20.5. The van der Waals surface area contributed by atoms with Crippen molar-refractivity contribution in [2.45, 2.75) is 52.2 Å². The second-order valence-corrected chi connectivity index (χ2v) is 8.62. The third-order valence-corrected chi connectivity index (χ3v) is 5.92. The highest BCUT2D eigenvalue weighted by Gasteiger charge is 2.14. The molecule has 0 atom stereocenters. The minimum Gasteiger partial charge on any atom is -0.461 e. The summed E-state index contributed by atoms with van der Waals surface area (Å²) in [4.78, 5) is 38.4. The van der Waals surface area contributed by atoms with E-state index in [4.69, 9.17) is 4.74 Å². The van der Waals surface area contributed by atoms with E-state index in [1.54, 1.807) is 18.9 Å². The molecule has 0 unspecified atom stereocenters. The van der Waals surface area contributed by atoms with Crippen LogP contribution in [-0.2, 0) is 27.5 Å². The number of carbonyl (C=O) groups excluding carboxylic acids is 3. The molecular weight excluding hydrogens is 438 g/mol. The molecule has 0 saturated carbocycles. The predicted molar refractivity (Wildman–Crippen MR) is 138 cm³/mol. The molecule has 3 aromatic carbocycles. The van der Waals surface area contributed by atoms with Crippen molar-refractivity contribution in [2.75, 3.05) is 7.05 Å². The minimum atomic E-state index is -0.239. The van der Waals surface area contributed by atoms with Crippen LogP contribution in [0.1, 0.15) is 60.5 Å². The van der Waals surface area contributed by atoms with Gasteiger partial charge in [0.1, 0.15) is 6.61 Å². The first kappa shape index (κ1) is 25.9. The molecule has 0 fully saturated rings. The Kier molecular flexibility index (Phi) is 9.79. The second kappa shape index (κ2) is 13.2. The van der Waals surface area contributed by atoms with Crippen LogP contribution in [0.4, 0.5) is 0 Å². The summed E-state index contributed by atoms with van der Waals surface area (Å²) >= 11 is 0. The second-order valence-electron chi connectivity index (χ2n) is 8.62. The van der Waals surface area contributed by atoms with E-state index in [1.165, 1.54) is 0 Å². The Labute approximate surface area is 207 Å². The number of unbranched alkanes of at least 4 members (excludes halogenated alkanes) is 1. The Morgan fingerprint density at radius 3 is 2.17 bits per heavy atom. The molecule has 3 aromatic rings. The maximum atomic E-state index is 12.8. The molecule has 0 bridgehead atoms. The van der Waals surface area contributed by atoms with Crippen LogP contribution in [0.15, 0.2) is 78.9 Å². The van der Waals surface area contributed by atoms with E-state index in [9.17, 15) is 14.4 Å². The summed E-state index contributed by atoms with van der Waals surface area (Å²) in [6.07, 6.45) is 2.52. The number of esters is 1. The summed E-state index contributed by atoms with van der Waals surface area (Å²) in [6, 6.07) is 25.3. The lowest BCUT2D eigenvalue weighted by molar-refractivity contribution is -0.144. The van der Waals surface area contributed by atoms with Crippen LogP contribution in [0.3, 0.4) is 0 Å². The molecule has 0 aliphatic rings. The fraction of sp³-hybridized carbons (Fsp3) is 0.300. The van der Waals surface area contributed by atoms with Gasteiger partial charge in [0.05, 0.1) is 0 Å². The van der Waals surface area contributed by atoms with Gasteiger partial charge in [-0.2, -0.15) is 0 Å². The molecule has 0 aliphatic carbocycles. The number of ketones is 1. The molecule has 1 amide bonds. The van der Waals surface area contributed by atoms with Gasteiger partial charge in [-0.05, 0) is 41.2 Å². The average Bonchev–Trinajstić information content (AvgIpc) is 2.90. The van der Waals surface area contributed by atoms with Gasteiger partial charge in [0.15, 0.2) is 5.78 Å². The van der Waals surface area contributed by atoms with Crippen LogP contribution in [0.2, 0.25) is 0 Å². The third-order valence-electron chi connectivity index (χ3n) is 5.92. The molecule has 5 heteroatoms. The zero-order chi connectivity index (χ0) is 25.0. The number of rotatable bonds is 12. The largest absolute Gasteiger partial charge is 0.461 e. The number of amides is 1. The van der Waals surface area contributed by atoms with Gasteiger partial charge in [-0.3, -0.25) is 14.4 Å². The summed E-state index contributed by atoms with van der Waals surface area (Å²) in [5.74, 6) is -0.0878. The molecule has 35 heavy (non-hydrogen) atoms. The van der Waals surface area contributed by atoms with Gasteiger partial charge in [0, 0.05) is 38.4 Å². The van der Waals surface area contributed by atoms with E-state index >= 15 is 0 Å². The minimum absolute atomic E-state index is 0.0407. The van der Waals surface area contributed by atoms with E-state index in [0.29, 0.717) is 44.2 Å². The number of hydrogen-bond donors (Lipinski definition) is 0. The van der Waals surface area contributed by atoms with E-state index in [-0.39, 0.29) is 24.3 Å². The number of nitrogens with zero attached hydrogens (tertiary/aromatic N) is 1. The maximum absolute atomic E-state index is 12.8. The molecule has 0 N–H and O–H groups in total. The van der Waals surface area contributed by atoms with E-state index in [0.717, 1.165) is 22.3 Å². The van der Waals surface area contributed by atoms with Crippen LogP contribution in [0, 0.1) is 0 Å². The number of hydrogen-bond acceptors (Lipinski definition) is 4. The van der Waals surface area contributed by atoms with Crippen LogP contribution >= 0.6 is 0 Å². The highest BCUT2D eigenvalue weighted by atomic mass is 16.5. The molecule has 0 radical (unpaired) electrons. The Bertz CT molecular complexity index is 1130. The maximum Gasteiger partial charge on any atom is 0.305 e. The highest BCUT2D eigenvalue weighted by Crippen LogP contribution is 2.26. The Morgan fingerprint density at radius 1 is 0.829 bits per heavy atom. The summed E-state index contributed by atoms with van der Waals surface area (Å²) in [7, 11) is 1.80. The van der Waals surface area contributed by atoms with E-state index < -0.39 is 0 Å². The van der Waals surface area contributed by atoms with Crippen LogP contribution in [0.5, 0.6) is 0 Å². The SMILES string of the molecule is CCC(=O)OCc1ccc(-c2ccccc2)c(CN(C)C(=O)CCCCC(=O)c2ccccc2)c1. The van der Waals surface area contributed by atoms with Crippen molar-refractivity contribution in [3.05, 3.63) is 95.6 Å². The van der Waals surface area contributed by atoms with Crippen molar-refractivity contribution in [3.63, 3.8) is 0 Å². The molecule has 0 aromatic heterocycles. The Morgan fingerprint density at radius 2 is 1.49 bits per heavy atom. The van der Waals surface area contributed by atoms with Gasteiger partial charge in [-0.1, -0.05) is 79.7 Å². The lowest BCUT2D eigenvalue weighted by Gasteiger charge is -2.20. The molecular formula is C30H33NO4. The van der Waals surface area contributed by atoms with Crippen LogP contribution in [-0.4, -0.2) is 29.6 Å². The van der Waals surface area contributed by atoms with Crippen molar-refractivity contribution >= 4 is 17.7 Å². The van der Waals surface area contributed by atoms with E-state index in [2.05, 4.69) is 0 Å². The zero-order valence-electron chi connectivity index (χ0n) is 20.5. The summed E-state index contributed by atoms with van der Waals surface area (Å²) in [6.45, 7) is 2.42. The van der Waals surface area contributed by atoms with Crippen LogP contribution in [0.25, 0.3) is 11.1 Å². The molecule has 0 heterocycles. The van der Waals surface area contributed by atoms with Gasteiger partial charge in [0.25, 0.3) is 0 Å². The number of Topliss-reactive ketones (excluding diaryl/α,β-unsaturated/α-hetero) is 1. The number of ether oxygens (including phenoxy) is 1. The third kappa shape index (κ3) is 7.92. The molecule has 3 rings (SSSR count). The molecule has 0 saturated heterocycles. The van der Waals surface area contributed by atoms with Crippen molar-refractivity contribution in [1.82, 2.24) is 4.90 Å². The first-order valence-corrected chi connectivity index (χ1v) is 12.1. The summed E-state index contributed by atoms with van der Waals surface area (Å²) in [5.41, 5.74) is 4.72. The topological polar surface area (TPSA) is 63.7 Å². The van der Waals surface area contributed by atoms with Gasteiger partial charge in [-0.25, -0.2) is 0 Å². The predicted octanol–water partition coefficient (Wildman–Crippen LogP) is 6.21. The van der Waals surface area contributed by atoms with Gasteiger partial charge >= 0.3 is 5.97 Å². The van der Waals surface area contributed by atoms with Gasteiger partial charge < -0.3 is 9.64 Å². The molecule has 0 aliphatic heterocycles. The average molecular weight is 472 g/mol. The fourth-order valence-corrected chi connectivity index (χ4v) is 3.90. The lowest BCUT2D eigenvalue weighted by atomic mass is 9.97. The van der Waals surface area contributed by atoms with E-state index in [1.807, 2.05) is 78.9 Å². The molecule has 0 spiro atoms. The summed E-state index contributed by atoms with van der Waals surface area (Å²) < 4.78 is 5.30. The van der Waals surface area contributed by atoms with Crippen molar-refractivity contribution in [1.29, 1.82) is 0 Å². The number of carbonyl (C=O) groups is 3. The first-order chi connectivity index (χ1) is 17.0. The monoisotopic (exact) mass is 471 g/mol. The molecule has 5 nitrogen and oxygen atoms in total. The molecule has 182 valence electrons. The Hall–Kier alpha value is -3.73. The Balaban J connectivity index is 1.61. The number of benzene rings is 3. The summed E-state index contributed by atoms with van der Waals surface area (Å²) in [5, 5.41) is 0. The van der Waals surface area contributed by atoms with Crippen molar-refractivity contribution in [2.24, 2.45) is 0 Å². The smallest absolute Gasteiger partial charge is 0.305 e. The quantitative estimate of drug-likeness (QED) is 0.179. The normalized spacial score (nSPS) is 10.6. The van der Waals surface area contributed by atoms with Crippen molar-refractivity contribution < 1.29 is 19.1 Å².